The summed E-state index contributed by atoms with van der Waals surface area (Å²) in [5, 5.41) is 2.92. The zero-order valence-electron chi connectivity index (χ0n) is 17.2. The predicted octanol–water partition coefficient (Wildman–Crippen LogP) is 1.49. The van der Waals surface area contributed by atoms with Crippen LogP contribution in [0.2, 0.25) is 0 Å². The minimum Gasteiger partial charge on any atom is -0.368 e. The molecule has 158 valence electrons. The van der Waals surface area contributed by atoms with Crippen molar-refractivity contribution in [2.24, 2.45) is 23.3 Å². The lowest BCUT2D eigenvalue weighted by atomic mass is 9.82. The topological polar surface area (TPSA) is 127 Å². The van der Waals surface area contributed by atoms with Crippen LogP contribution in [-0.4, -0.2) is 40.9 Å². The summed E-state index contributed by atoms with van der Waals surface area (Å²) < 4.78 is 0. The molecule has 8 nitrogen and oxygen atoms in total. The Kier molecular flexibility index (Phi) is 5.57. The van der Waals surface area contributed by atoms with Crippen LogP contribution in [0.25, 0.3) is 0 Å². The maximum absolute atomic E-state index is 11.7. The Morgan fingerprint density at radius 3 is 2.27 bits per heavy atom. The number of benzene rings is 1. The molecule has 5 N–H and O–H groups in total. The summed E-state index contributed by atoms with van der Waals surface area (Å²) in [6.45, 7) is 3.29. The summed E-state index contributed by atoms with van der Waals surface area (Å²) in [6, 6.07) is 9.57. The van der Waals surface area contributed by atoms with E-state index in [0.29, 0.717) is 23.6 Å². The number of carbonyl (C=O) groups excluding carboxylic acids is 2. The first-order valence-corrected chi connectivity index (χ1v) is 10.5. The average Bonchev–Trinajstić information content (AvgIpc) is 3.18. The fraction of sp³-hybridized carbons (Fsp3) is 0.455. The summed E-state index contributed by atoms with van der Waals surface area (Å²) in [5.74, 6) is 1.05. The van der Waals surface area contributed by atoms with E-state index in [9.17, 15) is 9.59 Å². The van der Waals surface area contributed by atoms with E-state index in [1.54, 1.807) is 6.92 Å². The van der Waals surface area contributed by atoms with Crippen LogP contribution < -0.4 is 21.7 Å². The first-order chi connectivity index (χ1) is 14.4. The Bertz CT molecular complexity index is 929. The molecule has 2 heterocycles. The third-order valence-corrected chi connectivity index (χ3v) is 6.33. The van der Waals surface area contributed by atoms with E-state index in [1.165, 1.54) is 17.2 Å². The standard InChI is InChI=1S/C22H28N6O2/c1-13(20(23)29)25-19-12-18(21(24)30)26-22(27-19)28-8-6-14(7-9-28)17-10-15-4-2-3-5-16(15)11-17/h2-5,12-14,17H,6-11H2,1H3,(H2,23,29)(H2,24,30)(H,25,26,27)/t13-/m0/s1. The molecule has 0 unspecified atom stereocenters. The minimum absolute atomic E-state index is 0.118. The second-order valence-electron chi connectivity index (χ2n) is 8.33. The van der Waals surface area contributed by atoms with E-state index in [4.69, 9.17) is 11.5 Å². The molecule has 1 aliphatic carbocycles. The van der Waals surface area contributed by atoms with Gasteiger partial charge in [-0.05, 0) is 55.6 Å². The van der Waals surface area contributed by atoms with Crippen LogP contribution in [0.5, 0.6) is 0 Å². The van der Waals surface area contributed by atoms with Gasteiger partial charge in [-0.15, -0.1) is 0 Å². The second kappa shape index (κ2) is 8.30. The van der Waals surface area contributed by atoms with Crippen LogP contribution in [-0.2, 0) is 17.6 Å². The fourth-order valence-corrected chi connectivity index (χ4v) is 4.57. The molecule has 1 aromatic carbocycles. The summed E-state index contributed by atoms with van der Waals surface area (Å²) in [5.41, 5.74) is 13.9. The zero-order chi connectivity index (χ0) is 21.3. The molecule has 2 amide bonds. The summed E-state index contributed by atoms with van der Waals surface area (Å²) in [4.78, 5) is 34.0. The number of aromatic nitrogens is 2. The van der Waals surface area contributed by atoms with Crippen molar-refractivity contribution in [2.75, 3.05) is 23.3 Å². The number of nitrogens with two attached hydrogens (primary N) is 2. The highest BCUT2D eigenvalue weighted by molar-refractivity contribution is 5.92. The molecule has 0 bridgehead atoms. The number of hydrogen-bond donors (Lipinski definition) is 3. The van der Waals surface area contributed by atoms with Crippen molar-refractivity contribution in [3.8, 4) is 0 Å². The van der Waals surface area contributed by atoms with Gasteiger partial charge in [-0.3, -0.25) is 9.59 Å². The Morgan fingerprint density at radius 1 is 1.07 bits per heavy atom. The predicted molar refractivity (Wildman–Crippen MR) is 115 cm³/mol. The van der Waals surface area contributed by atoms with Crippen LogP contribution in [0.1, 0.15) is 41.4 Å². The first kappa shape index (κ1) is 20.1. The van der Waals surface area contributed by atoms with Crippen molar-refractivity contribution >= 4 is 23.6 Å². The highest BCUT2D eigenvalue weighted by Crippen LogP contribution is 2.36. The van der Waals surface area contributed by atoms with Crippen molar-refractivity contribution in [3.63, 3.8) is 0 Å². The van der Waals surface area contributed by atoms with Gasteiger partial charge in [0.05, 0.1) is 0 Å². The molecule has 30 heavy (non-hydrogen) atoms. The van der Waals surface area contributed by atoms with Gasteiger partial charge >= 0.3 is 0 Å². The Hall–Kier alpha value is -3.16. The third kappa shape index (κ3) is 4.22. The molecule has 1 fully saturated rings. The van der Waals surface area contributed by atoms with Crippen molar-refractivity contribution in [3.05, 3.63) is 47.2 Å². The molecule has 1 saturated heterocycles. The van der Waals surface area contributed by atoms with Gasteiger partial charge in [0.1, 0.15) is 17.6 Å². The smallest absolute Gasteiger partial charge is 0.267 e. The van der Waals surface area contributed by atoms with Gasteiger partial charge < -0.3 is 21.7 Å². The number of carbonyl (C=O) groups is 2. The van der Waals surface area contributed by atoms with E-state index in [2.05, 4.69) is 44.5 Å². The molecule has 0 radical (unpaired) electrons. The lowest BCUT2D eigenvalue weighted by molar-refractivity contribution is -0.118. The molecule has 8 heteroatoms. The van der Waals surface area contributed by atoms with Crippen molar-refractivity contribution in [1.82, 2.24) is 9.97 Å². The second-order valence-corrected chi connectivity index (χ2v) is 8.33. The molecule has 0 spiro atoms. The van der Waals surface area contributed by atoms with Crippen LogP contribution >= 0.6 is 0 Å². The van der Waals surface area contributed by atoms with E-state index >= 15 is 0 Å². The van der Waals surface area contributed by atoms with Gasteiger partial charge in [0.2, 0.25) is 11.9 Å². The van der Waals surface area contributed by atoms with Crippen LogP contribution in [0.4, 0.5) is 11.8 Å². The quantitative estimate of drug-likeness (QED) is 0.665. The average molecular weight is 409 g/mol. The number of fused-ring (bicyclic) bond motifs is 1. The lowest BCUT2D eigenvalue weighted by Gasteiger charge is -2.35. The summed E-state index contributed by atoms with van der Waals surface area (Å²) >= 11 is 0. The highest BCUT2D eigenvalue weighted by atomic mass is 16.1. The van der Waals surface area contributed by atoms with Gasteiger partial charge in [0.25, 0.3) is 5.91 Å². The molecular formula is C22H28N6O2. The normalized spacial score (nSPS) is 18.1. The third-order valence-electron chi connectivity index (χ3n) is 6.33. The molecule has 4 rings (SSSR count). The number of nitrogens with zero attached hydrogens (tertiary/aromatic N) is 3. The van der Waals surface area contributed by atoms with Gasteiger partial charge in [-0.2, -0.15) is 4.98 Å². The Morgan fingerprint density at radius 2 is 1.70 bits per heavy atom. The monoisotopic (exact) mass is 408 g/mol. The van der Waals surface area contributed by atoms with E-state index < -0.39 is 17.9 Å². The van der Waals surface area contributed by atoms with Gasteiger partial charge in [-0.1, -0.05) is 24.3 Å². The van der Waals surface area contributed by atoms with Gasteiger partial charge in [0.15, 0.2) is 0 Å². The Labute approximate surface area is 176 Å². The lowest BCUT2D eigenvalue weighted by Crippen LogP contribution is -2.38. The van der Waals surface area contributed by atoms with E-state index in [0.717, 1.165) is 38.8 Å². The van der Waals surface area contributed by atoms with Gasteiger partial charge in [0, 0.05) is 19.2 Å². The molecule has 0 saturated carbocycles. The van der Waals surface area contributed by atoms with Crippen molar-refractivity contribution < 1.29 is 9.59 Å². The summed E-state index contributed by atoms with van der Waals surface area (Å²) in [7, 11) is 0. The highest BCUT2D eigenvalue weighted by Gasteiger charge is 2.32. The molecule has 2 aliphatic rings. The van der Waals surface area contributed by atoms with Crippen LogP contribution in [0.3, 0.4) is 0 Å². The largest absolute Gasteiger partial charge is 0.368 e. The van der Waals surface area contributed by atoms with E-state index in [1.807, 2.05) is 0 Å². The van der Waals surface area contributed by atoms with Crippen LogP contribution in [0.15, 0.2) is 30.3 Å². The number of nitrogens with one attached hydrogen (secondary N) is 1. The minimum atomic E-state index is -0.632. The van der Waals surface area contributed by atoms with Crippen molar-refractivity contribution in [1.29, 1.82) is 0 Å². The number of anilines is 2. The van der Waals surface area contributed by atoms with Crippen molar-refractivity contribution in [2.45, 2.75) is 38.6 Å². The summed E-state index contributed by atoms with van der Waals surface area (Å²) in [6.07, 6.45) is 4.44. The van der Waals surface area contributed by atoms with E-state index in [-0.39, 0.29) is 5.69 Å². The van der Waals surface area contributed by atoms with Crippen LogP contribution in [0, 0.1) is 11.8 Å². The Balaban J connectivity index is 1.44. The SMILES string of the molecule is C[C@H](Nc1cc(C(N)=O)nc(N2CCC(C3Cc4ccccc4C3)CC2)n1)C(N)=O. The fourth-order valence-electron chi connectivity index (χ4n) is 4.57. The number of hydrogen-bond acceptors (Lipinski definition) is 6. The zero-order valence-corrected chi connectivity index (χ0v) is 17.2. The molecule has 2 aromatic rings. The molecular weight excluding hydrogens is 380 g/mol. The van der Waals surface area contributed by atoms with Gasteiger partial charge in [-0.25, -0.2) is 4.98 Å². The number of primary amides is 2. The number of piperidine rings is 1. The molecule has 1 aliphatic heterocycles. The molecule has 1 atom stereocenters. The maximum Gasteiger partial charge on any atom is 0.267 e. The number of amides is 2. The molecule has 1 aromatic heterocycles. The first-order valence-electron chi connectivity index (χ1n) is 10.5. The maximum atomic E-state index is 11.7. The number of rotatable bonds is 6.